The van der Waals surface area contributed by atoms with Gasteiger partial charge in [-0.25, -0.2) is 4.98 Å². The van der Waals surface area contributed by atoms with Gasteiger partial charge in [-0.1, -0.05) is 89.6 Å². The van der Waals surface area contributed by atoms with E-state index >= 15 is 0 Å². The molecule has 0 bridgehead atoms. The van der Waals surface area contributed by atoms with Gasteiger partial charge in [0.25, 0.3) is 0 Å². The highest BCUT2D eigenvalue weighted by Crippen LogP contribution is 2.43. The van der Waals surface area contributed by atoms with Crippen LogP contribution in [0, 0.1) is 18.3 Å². The summed E-state index contributed by atoms with van der Waals surface area (Å²) in [4.78, 5) is 30.8. The molecule has 1 unspecified atom stereocenters. The van der Waals surface area contributed by atoms with Gasteiger partial charge in [0.1, 0.15) is 18.9 Å². The smallest absolute Gasteiger partial charge is 0.222 e. The molecule has 1 aliphatic heterocycles. The van der Waals surface area contributed by atoms with Gasteiger partial charge in [-0.2, -0.15) is 5.10 Å². The van der Waals surface area contributed by atoms with Crippen molar-refractivity contribution in [2.24, 2.45) is 17.1 Å². The van der Waals surface area contributed by atoms with Crippen LogP contribution in [0.15, 0.2) is 36.9 Å². The van der Waals surface area contributed by atoms with Crippen molar-refractivity contribution in [1.29, 1.82) is 0 Å². The van der Waals surface area contributed by atoms with Crippen molar-refractivity contribution in [3.8, 4) is 0 Å². The first-order valence-corrected chi connectivity index (χ1v) is 16.1. The Bertz CT molecular complexity index is 907. The molecule has 1 fully saturated rings. The molecule has 1 saturated heterocycles. The van der Waals surface area contributed by atoms with Crippen molar-refractivity contribution in [3.63, 3.8) is 0 Å². The van der Waals surface area contributed by atoms with E-state index in [1.54, 1.807) is 6.33 Å². The fourth-order valence-corrected chi connectivity index (χ4v) is 5.30. The van der Waals surface area contributed by atoms with E-state index in [4.69, 9.17) is 0 Å². The van der Waals surface area contributed by atoms with E-state index in [1.165, 1.54) is 50.3 Å². The van der Waals surface area contributed by atoms with Gasteiger partial charge in [-0.15, -0.1) is 0 Å². The minimum atomic E-state index is 0.202. The molecule has 0 aliphatic carbocycles. The molecule has 1 aromatic carbocycles. The number of hydrogen-bond donors (Lipinski definition) is 1. The Kier molecular flexibility index (Phi) is 22.5. The highest BCUT2D eigenvalue weighted by atomic mass is 16.2. The van der Waals surface area contributed by atoms with E-state index in [0.29, 0.717) is 24.7 Å². The van der Waals surface area contributed by atoms with E-state index in [0.717, 1.165) is 51.7 Å². The van der Waals surface area contributed by atoms with E-state index in [1.807, 2.05) is 43.9 Å². The van der Waals surface area contributed by atoms with Gasteiger partial charge in [0.15, 0.2) is 0 Å². The largest absolute Gasteiger partial charge is 0.343 e. The summed E-state index contributed by atoms with van der Waals surface area (Å²) in [7, 11) is 5.40. The van der Waals surface area contributed by atoms with Gasteiger partial charge in [0.05, 0.1) is 0 Å². The van der Waals surface area contributed by atoms with Crippen molar-refractivity contribution in [2.45, 2.75) is 105 Å². The predicted octanol–water partition coefficient (Wildman–Crippen LogP) is 6.17. The van der Waals surface area contributed by atoms with Gasteiger partial charge in [0.2, 0.25) is 5.91 Å². The molecule has 0 radical (unpaired) electrons. The highest BCUT2D eigenvalue weighted by Gasteiger charge is 2.40. The fraction of sp³-hybridized carbons (Fsp3) is 0.706. The van der Waals surface area contributed by atoms with Crippen molar-refractivity contribution in [1.82, 2.24) is 24.6 Å². The second-order valence-electron chi connectivity index (χ2n) is 11.3. The van der Waals surface area contributed by atoms with Crippen LogP contribution in [-0.2, 0) is 22.6 Å². The lowest BCUT2D eigenvalue weighted by Crippen LogP contribution is -2.47. The molecule has 0 spiro atoms. The van der Waals surface area contributed by atoms with Crippen LogP contribution in [-0.4, -0.2) is 77.5 Å². The first-order chi connectivity index (χ1) is 20.3. The third kappa shape index (κ3) is 15.6. The maximum Gasteiger partial charge on any atom is 0.222 e. The van der Waals surface area contributed by atoms with E-state index < -0.39 is 0 Å². The molecule has 2 aromatic rings. The molecule has 1 atom stereocenters. The van der Waals surface area contributed by atoms with Crippen LogP contribution < -0.4 is 5.73 Å². The van der Waals surface area contributed by atoms with Crippen molar-refractivity contribution in [3.05, 3.63) is 48.0 Å². The zero-order valence-electron chi connectivity index (χ0n) is 28.1. The molecule has 1 amide bonds. The summed E-state index contributed by atoms with van der Waals surface area (Å²) in [6.07, 6.45) is 15.1. The highest BCUT2D eigenvalue weighted by molar-refractivity contribution is 5.76. The van der Waals surface area contributed by atoms with Gasteiger partial charge < -0.3 is 20.3 Å². The average Bonchev–Trinajstić information content (AvgIpc) is 3.53. The van der Waals surface area contributed by atoms with Crippen molar-refractivity contribution >= 4 is 12.2 Å². The second kappa shape index (κ2) is 23.9. The summed E-state index contributed by atoms with van der Waals surface area (Å²) in [5.74, 6) is 0.920. The van der Waals surface area contributed by atoms with Gasteiger partial charge in [-0.3, -0.25) is 9.48 Å². The molecule has 3 rings (SSSR count). The lowest BCUT2D eigenvalue weighted by molar-refractivity contribution is -0.134. The van der Waals surface area contributed by atoms with Crippen LogP contribution in [0.2, 0.25) is 0 Å². The number of piperidine rings is 1. The van der Waals surface area contributed by atoms with Crippen LogP contribution >= 0.6 is 0 Å². The first-order valence-electron chi connectivity index (χ1n) is 16.1. The number of amides is 1. The molecular formula is C34H62N6O2. The third-order valence-electron chi connectivity index (χ3n) is 8.03. The quantitative estimate of drug-likeness (QED) is 0.210. The van der Waals surface area contributed by atoms with Crippen LogP contribution in [0.5, 0.6) is 0 Å². The van der Waals surface area contributed by atoms with Crippen molar-refractivity contribution in [2.75, 3.05) is 40.8 Å². The Balaban J connectivity index is 0.00000132. The molecule has 2 heterocycles. The Hall–Kier alpha value is -2.58. The van der Waals surface area contributed by atoms with Crippen LogP contribution in [0.1, 0.15) is 96.6 Å². The lowest BCUT2D eigenvalue weighted by Gasteiger charge is -2.46. The number of unbranched alkanes of at least 4 members (excludes halogenated alkanes) is 3. The summed E-state index contributed by atoms with van der Waals surface area (Å²) in [5, 5.41) is 4.40. The summed E-state index contributed by atoms with van der Waals surface area (Å²) in [6.45, 7) is 14.3. The number of aryl methyl sites for hydroxylation is 2. The predicted molar refractivity (Wildman–Crippen MR) is 176 cm³/mol. The number of rotatable bonds is 14. The number of nitrogens with zero attached hydrogens (tertiary/aromatic N) is 5. The summed E-state index contributed by atoms with van der Waals surface area (Å²) in [5.41, 5.74) is 7.21. The number of carbonyl (C=O) groups excluding carboxylic acids is 2. The molecule has 240 valence electrons. The zero-order valence-corrected chi connectivity index (χ0v) is 28.1. The minimum absolute atomic E-state index is 0.202. The van der Waals surface area contributed by atoms with E-state index in [9.17, 15) is 9.59 Å². The topological polar surface area (TPSA) is 97.3 Å². The molecular weight excluding hydrogens is 524 g/mol. The normalized spacial score (nSPS) is 14.4. The standard InChI is InChI=1S/C26H40N4O.C5H11NO.C2H6.CH5N/c1-4-5-6-7-8-23(3)26(19-30-21-27-20-28-30)15-17-29(18-16-26)25(31)14-13-24-11-9-22(2)10-12-24;1-6(2)4-3-5-7;2*1-2/h9-12,20-21,23H,4-8,13-19H2,1-3H3;5H,3-4H2,1-2H3;1-2H3;2H2,1H3. The molecule has 42 heavy (non-hydrogen) atoms. The van der Waals surface area contributed by atoms with Gasteiger partial charge in [0, 0.05) is 39.0 Å². The average molecular weight is 587 g/mol. The molecule has 1 aliphatic rings. The number of carbonyl (C=O) groups is 2. The van der Waals surface area contributed by atoms with Crippen LogP contribution in [0.25, 0.3) is 0 Å². The summed E-state index contributed by atoms with van der Waals surface area (Å²) in [6, 6.07) is 8.53. The zero-order chi connectivity index (χ0) is 31.8. The number of nitrogens with two attached hydrogens (primary N) is 1. The number of aromatic nitrogens is 3. The maximum absolute atomic E-state index is 12.9. The first kappa shape index (κ1) is 39.4. The maximum atomic E-state index is 12.9. The Morgan fingerprint density at radius 1 is 1.10 bits per heavy atom. The third-order valence-corrected chi connectivity index (χ3v) is 8.03. The Labute approximate surface area is 257 Å². The van der Waals surface area contributed by atoms with Crippen LogP contribution in [0.3, 0.4) is 0 Å². The van der Waals surface area contributed by atoms with E-state index in [-0.39, 0.29) is 5.41 Å². The fourth-order valence-electron chi connectivity index (χ4n) is 5.30. The van der Waals surface area contributed by atoms with Crippen LogP contribution in [0.4, 0.5) is 0 Å². The summed E-state index contributed by atoms with van der Waals surface area (Å²) >= 11 is 0. The van der Waals surface area contributed by atoms with Crippen molar-refractivity contribution < 1.29 is 9.59 Å². The molecule has 8 heteroatoms. The molecule has 0 saturated carbocycles. The lowest BCUT2D eigenvalue weighted by atomic mass is 9.67. The number of benzene rings is 1. The number of aldehydes is 1. The minimum Gasteiger partial charge on any atom is -0.343 e. The Morgan fingerprint density at radius 3 is 2.24 bits per heavy atom. The second-order valence-corrected chi connectivity index (χ2v) is 11.3. The molecule has 2 N–H and O–H groups in total. The summed E-state index contributed by atoms with van der Waals surface area (Å²) < 4.78 is 2.00. The molecule has 1 aromatic heterocycles. The van der Waals surface area contributed by atoms with Gasteiger partial charge >= 0.3 is 0 Å². The SMILES string of the molecule is CC.CCCCCCC(C)C1(Cn2cncn2)CCN(C(=O)CCc2ccc(C)cc2)CC1.CN.CN(C)CCC=O. The number of likely N-dealkylation sites (tertiary alicyclic amines) is 1. The Morgan fingerprint density at radius 2 is 1.74 bits per heavy atom. The molecule has 8 nitrogen and oxygen atoms in total. The van der Waals surface area contributed by atoms with E-state index in [2.05, 4.69) is 65.8 Å². The van der Waals surface area contributed by atoms with Gasteiger partial charge in [-0.05, 0) is 64.2 Å². The monoisotopic (exact) mass is 586 g/mol. The number of hydrogen-bond acceptors (Lipinski definition) is 6.